The molecule has 0 saturated heterocycles. The van der Waals surface area contributed by atoms with Crippen molar-refractivity contribution in [3.8, 4) is 0 Å². The summed E-state index contributed by atoms with van der Waals surface area (Å²) in [6.07, 6.45) is 3.87. The Morgan fingerprint density at radius 2 is 2.20 bits per heavy atom. The maximum Gasteiger partial charge on any atom is 0.275 e. The first-order valence-corrected chi connectivity index (χ1v) is 6.76. The SMILES string of the molecule is CCNCc1ccn(Cc2c(Cl)cccc2[N+](=O)[O-])c1. The van der Waals surface area contributed by atoms with E-state index in [1.54, 1.807) is 12.1 Å². The minimum absolute atomic E-state index is 0.0550. The van der Waals surface area contributed by atoms with Crippen LogP contribution in [0, 0.1) is 10.1 Å². The van der Waals surface area contributed by atoms with Crippen LogP contribution < -0.4 is 5.32 Å². The monoisotopic (exact) mass is 293 g/mol. The van der Waals surface area contributed by atoms with Crippen molar-refractivity contribution >= 4 is 17.3 Å². The lowest BCUT2D eigenvalue weighted by Crippen LogP contribution is -2.11. The Morgan fingerprint density at radius 1 is 1.40 bits per heavy atom. The molecule has 0 atom stereocenters. The smallest absolute Gasteiger partial charge is 0.275 e. The van der Waals surface area contributed by atoms with Crippen LogP contribution in [0.5, 0.6) is 0 Å². The Morgan fingerprint density at radius 3 is 2.90 bits per heavy atom. The molecule has 0 aliphatic heterocycles. The summed E-state index contributed by atoms with van der Waals surface area (Å²) in [5.41, 5.74) is 1.73. The Balaban J connectivity index is 2.21. The van der Waals surface area contributed by atoms with Gasteiger partial charge >= 0.3 is 0 Å². The third kappa shape index (κ3) is 3.37. The highest BCUT2D eigenvalue weighted by molar-refractivity contribution is 6.31. The van der Waals surface area contributed by atoms with Crippen molar-refractivity contribution in [1.82, 2.24) is 9.88 Å². The zero-order valence-corrected chi connectivity index (χ0v) is 11.9. The minimum Gasteiger partial charge on any atom is -0.349 e. The average molecular weight is 294 g/mol. The van der Waals surface area contributed by atoms with Crippen molar-refractivity contribution < 1.29 is 4.92 Å². The van der Waals surface area contributed by atoms with Crippen LogP contribution >= 0.6 is 11.6 Å². The van der Waals surface area contributed by atoms with E-state index >= 15 is 0 Å². The summed E-state index contributed by atoms with van der Waals surface area (Å²) in [4.78, 5) is 10.6. The molecule has 0 unspecified atom stereocenters. The molecule has 0 saturated carbocycles. The summed E-state index contributed by atoms with van der Waals surface area (Å²) in [6, 6.07) is 6.73. The fourth-order valence-corrected chi connectivity index (χ4v) is 2.25. The molecular formula is C14H16ClN3O2. The van der Waals surface area contributed by atoms with Crippen molar-refractivity contribution in [2.45, 2.75) is 20.0 Å². The zero-order valence-electron chi connectivity index (χ0n) is 11.2. The Hall–Kier alpha value is -1.85. The number of rotatable bonds is 6. The highest BCUT2D eigenvalue weighted by Crippen LogP contribution is 2.27. The van der Waals surface area contributed by atoms with Gasteiger partial charge < -0.3 is 9.88 Å². The van der Waals surface area contributed by atoms with Gasteiger partial charge in [0, 0.05) is 25.0 Å². The van der Waals surface area contributed by atoms with Crippen molar-refractivity contribution in [1.29, 1.82) is 0 Å². The minimum atomic E-state index is -0.399. The first kappa shape index (κ1) is 14.6. The molecule has 20 heavy (non-hydrogen) atoms. The topological polar surface area (TPSA) is 60.1 Å². The number of benzene rings is 1. The average Bonchev–Trinajstić information content (AvgIpc) is 2.86. The first-order chi connectivity index (χ1) is 9.61. The van der Waals surface area contributed by atoms with Gasteiger partial charge in [-0.1, -0.05) is 24.6 Å². The molecule has 1 aromatic carbocycles. The summed E-state index contributed by atoms with van der Waals surface area (Å²) in [5, 5.41) is 14.7. The quantitative estimate of drug-likeness (QED) is 0.657. The fourth-order valence-electron chi connectivity index (χ4n) is 2.02. The van der Waals surface area contributed by atoms with Crippen LogP contribution in [0.2, 0.25) is 5.02 Å². The molecule has 0 fully saturated rings. The van der Waals surface area contributed by atoms with Crippen LogP contribution in [0.1, 0.15) is 18.1 Å². The number of aromatic nitrogens is 1. The van der Waals surface area contributed by atoms with Crippen molar-refractivity contribution in [3.63, 3.8) is 0 Å². The summed E-state index contributed by atoms with van der Waals surface area (Å²) >= 11 is 6.08. The normalized spacial score (nSPS) is 10.7. The molecule has 0 amide bonds. The second kappa shape index (κ2) is 6.54. The van der Waals surface area contributed by atoms with Gasteiger partial charge in [-0.15, -0.1) is 0 Å². The number of nitrogens with zero attached hydrogens (tertiary/aromatic N) is 2. The maximum atomic E-state index is 11.0. The highest BCUT2D eigenvalue weighted by Gasteiger charge is 2.16. The van der Waals surface area contributed by atoms with Gasteiger partial charge in [0.1, 0.15) is 0 Å². The van der Waals surface area contributed by atoms with Crippen LogP contribution in [-0.4, -0.2) is 16.0 Å². The molecule has 106 valence electrons. The maximum absolute atomic E-state index is 11.0. The van der Waals surface area contributed by atoms with Crippen molar-refractivity contribution in [2.24, 2.45) is 0 Å². The molecule has 5 nitrogen and oxygen atoms in total. The van der Waals surface area contributed by atoms with E-state index in [0.29, 0.717) is 17.1 Å². The summed E-state index contributed by atoms with van der Waals surface area (Å²) in [5.74, 6) is 0. The van der Waals surface area contributed by atoms with Crippen LogP contribution in [0.25, 0.3) is 0 Å². The lowest BCUT2D eigenvalue weighted by atomic mass is 10.2. The van der Waals surface area contributed by atoms with Crippen LogP contribution in [0.4, 0.5) is 5.69 Å². The molecule has 0 aliphatic carbocycles. The van der Waals surface area contributed by atoms with E-state index in [4.69, 9.17) is 11.6 Å². The predicted octanol–water partition coefficient (Wildman–Crippen LogP) is 3.21. The molecule has 0 bridgehead atoms. The molecule has 1 heterocycles. The molecular weight excluding hydrogens is 278 g/mol. The standard InChI is InChI=1S/C14H16ClN3O2/c1-2-16-8-11-6-7-17(9-11)10-12-13(15)4-3-5-14(12)18(19)20/h3-7,9,16H,2,8,10H2,1H3. The van der Waals surface area contributed by atoms with Crippen LogP contribution in [0.3, 0.4) is 0 Å². The Kier molecular flexibility index (Phi) is 4.76. The van der Waals surface area contributed by atoms with E-state index in [-0.39, 0.29) is 5.69 Å². The van der Waals surface area contributed by atoms with Crippen molar-refractivity contribution in [3.05, 3.63) is 62.9 Å². The molecule has 0 aliphatic rings. The molecule has 0 spiro atoms. The number of hydrogen-bond acceptors (Lipinski definition) is 3. The highest BCUT2D eigenvalue weighted by atomic mass is 35.5. The number of halogens is 1. The van der Waals surface area contributed by atoms with Gasteiger partial charge in [-0.05, 0) is 24.2 Å². The molecule has 1 aromatic heterocycles. The molecule has 6 heteroatoms. The van der Waals surface area contributed by atoms with E-state index in [0.717, 1.165) is 18.7 Å². The van der Waals surface area contributed by atoms with E-state index in [1.807, 2.05) is 30.0 Å². The zero-order chi connectivity index (χ0) is 14.5. The third-order valence-corrected chi connectivity index (χ3v) is 3.38. The van der Waals surface area contributed by atoms with Gasteiger partial charge in [0.05, 0.1) is 22.1 Å². The van der Waals surface area contributed by atoms with Crippen LogP contribution in [-0.2, 0) is 13.1 Å². The van der Waals surface area contributed by atoms with E-state index in [9.17, 15) is 10.1 Å². The van der Waals surface area contributed by atoms with E-state index < -0.39 is 4.92 Å². The fraction of sp³-hybridized carbons (Fsp3) is 0.286. The first-order valence-electron chi connectivity index (χ1n) is 6.39. The number of nitro benzene ring substituents is 1. The molecule has 2 aromatic rings. The second-order valence-corrected chi connectivity index (χ2v) is 4.87. The number of nitrogens with one attached hydrogen (secondary N) is 1. The summed E-state index contributed by atoms with van der Waals surface area (Å²) in [6.45, 7) is 4.13. The third-order valence-electron chi connectivity index (χ3n) is 3.02. The van der Waals surface area contributed by atoms with E-state index in [2.05, 4.69) is 5.32 Å². The van der Waals surface area contributed by atoms with Crippen LogP contribution in [0.15, 0.2) is 36.7 Å². The lowest BCUT2D eigenvalue weighted by Gasteiger charge is -2.06. The lowest BCUT2D eigenvalue weighted by molar-refractivity contribution is -0.385. The summed E-state index contributed by atoms with van der Waals surface area (Å²) in [7, 11) is 0. The second-order valence-electron chi connectivity index (χ2n) is 4.47. The Labute approximate surface area is 122 Å². The number of hydrogen-bond donors (Lipinski definition) is 1. The predicted molar refractivity (Wildman–Crippen MR) is 79.0 cm³/mol. The van der Waals surface area contributed by atoms with Gasteiger partial charge in [0.25, 0.3) is 5.69 Å². The Bertz CT molecular complexity index is 610. The number of nitro groups is 1. The van der Waals surface area contributed by atoms with Crippen molar-refractivity contribution in [2.75, 3.05) is 6.54 Å². The molecule has 2 rings (SSSR count). The molecule has 1 N–H and O–H groups in total. The van der Waals surface area contributed by atoms with Gasteiger partial charge in [0.15, 0.2) is 0 Å². The van der Waals surface area contributed by atoms with E-state index in [1.165, 1.54) is 6.07 Å². The summed E-state index contributed by atoms with van der Waals surface area (Å²) < 4.78 is 1.90. The van der Waals surface area contributed by atoms with Gasteiger partial charge in [-0.2, -0.15) is 0 Å². The van der Waals surface area contributed by atoms with Gasteiger partial charge in [-0.3, -0.25) is 10.1 Å². The molecule has 0 radical (unpaired) electrons. The van der Waals surface area contributed by atoms with Gasteiger partial charge in [-0.25, -0.2) is 0 Å². The van der Waals surface area contributed by atoms with Gasteiger partial charge in [0.2, 0.25) is 0 Å². The largest absolute Gasteiger partial charge is 0.349 e.